The highest BCUT2D eigenvalue weighted by atomic mass is 35.5. The van der Waals surface area contributed by atoms with Crippen LogP contribution in [0.2, 0.25) is 4.34 Å². The molecule has 4 nitrogen and oxygen atoms in total. The molecule has 1 N–H and O–H groups in total. The minimum Gasteiger partial charge on any atom is -0.475 e. The summed E-state index contributed by atoms with van der Waals surface area (Å²) in [5, 5.41) is 10.3. The fourth-order valence-corrected chi connectivity index (χ4v) is 1.78. The number of aromatic carboxylic acids is 1. The van der Waals surface area contributed by atoms with Crippen molar-refractivity contribution in [2.45, 2.75) is 0 Å². The van der Waals surface area contributed by atoms with Crippen molar-refractivity contribution < 1.29 is 14.3 Å². The molecule has 0 spiro atoms. The van der Waals surface area contributed by atoms with Gasteiger partial charge in [-0.1, -0.05) is 11.6 Å². The van der Waals surface area contributed by atoms with Crippen molar-refractivity contribution in [1.29, 1.82) is 0 Å². The number of halogens is 1. The third kappa shape index (κ3) is 1.64. The van der Waals surface area contributed by atoms with Crippen LogP contribution in [0.15, 0.2) is 22.1 Å². The van der Waals surface area contributed by atoms with E-state index in [0.29, 0.717) is 9.90 Å². The number of hydrogen-bond donors (Lipinski definition) is 1. The molecule has 0 atom stereocenters. The maximum absolute atomic E-state index is 10.5. The zero-order chi connectivity index (χ0) is 10.1. The molecule has 0 saturated heterocycles. The first-order valence-corrected chi connectivity index (χ1v) is 4.86. The number of oxazole rings is 1. The SMILES string of the molecule is O=C(O)c1cnc(-c2csc(Cl)c2)o1. The Balaban J connectivity index is 2.38. The number of nitrogens with zero attached hydrogens (tertiary/aromatic N) is 1. The normalized spacial score (nSPS) is 10.4. The van der Waals surface area contributed by atoms with Crippen LogP contribution >= 0.6 is 22.9 Å². The third-order valence-electron chi connectivity index (χ3n) is 1.53. The molecule has 2 aromatic heterocycles. The second kappa shape index (κ2) is 3.43. The maximum atomic E-state index is 10.5. The largest absolute Gasteiger partial charge is 0.475 e. The van der Waals surface area contributed by atoms with Crippen LogP contribution in [-0.4, -0.2) is 16.1 Å². The predicted octanol–water partition coefficient (Wildman–Crippen LogP) is 2.75. The lowest BCUT2D eigenvalue weighted by atomic mass is 10.3. The van der Waals surface area contributed by atoms with Crippen molar-refractivity contribution in [2.75, 3.05) is 0 Å². The van der Waals surface area contributed by atoms with Crippen LogP contribution in [0.4, 0.5) is 0 Å². The van der Waals surface area contributed by atoms with Gasteiger partial charge in [0.25, 0.3) is 0 Å². The Morgan fingerprint density at radius 3 is 2.93 bits per heavy atom. The van der Waals surface area contributed by atoms with Gasteiger partial charge in [-0.25, -0.2) is 9.78 Å². The van der Waals surface area contributed by atoms with Crippen LogP contribution in [0.5, 0.6) is 0 Å². The molecule has 14 heavy (non-hydrogen) atoms. The lowest BCUT2D eigenvalue weighted by Gasteiger charge is -1.86. The van der Waals surface area contributed by atoms with E-state index in [1.807, 2.05) is 0 Å². The molecule has 0 fully saturated rings. The molecular weight excluding hydrogens is 226 g/mol. The standard InChI is InChI=1S/C8H4ClNO3S/c9-6-1-4(3-14-6)7-10-2-5(13-7)8(11)12/h1-3H,(H,11,12). The maximum Gasteiger partial charge on any atom is 0.373 e. The van der Waals surface area contributed by atoms with Crippen LogP contribution in [0.25, 0.3) is 11.5 Å². The summed E-state index contributed by atoms with van der Waals surface area (Å²) in [5.41, 5.74) is 0.688. The molecular formula is C8H4ClNO3S. The van der Waals surface area contributed by atoms with E-state index in [4.69, 9.17) is 21.1 Å². The van der Waals surface area contributed by atoms with Gasteiger partial charge in [0.2, 0.25) is 11.7 Å². The van der Waals surface area contributed by atoms with Gasteiger partial charge in [0, 0.05) is 10.9 Å². The number of thiophene rings is 1. The second-order valence-electron chi connectivity index (χ2n) is 2.47. The Labute approximate surface area is 87.8 Å². The van der Waals surface area contributed by atoms with E-state index in [1.54, 1.807) is 11.4 Å². The Bertz CT molecular complexity index is 476. The summed E-state index contributed by atoms with van der Waals surface area (Å²) >= 11 is 7.05. The quantitative estimate of drug-likeness (QED) is 0.860. The van der Waals surface area contributed by atoms with Gasteiger partial charge in [0.15, 0.2) is 0 Å². The molecule has 2 rings (SSSR count). The monoisotopic (exact) mass is 229 g/mol. The Morgan fingerprint density at radius 1 is 1.64 bits per heavy atom. The van der Waals surface area contributed by atoms with Gasteiger partial charge in [-0.3, -0.25) is 0 Å². The zero-order valence-electron chi connectivity index (χ0n) is 6.73. The average Bonchev–Trinajstić information content (AvgIpc) is 2.70. The molecule has 0 saturated carbocycles. The summed E-state index contributed by atoms with van der Waals surface area (Å²) < 4.78 is 5.59. The van der Waals surface area contributed by atoms with Crippen molar-refractivity contribution >= 4 is 28.9 Å². The Kier molecular flexibility index (Phi) is 2.26. The molecule has 2 aromatic rings. The summed E-state index contributed by atoms with van der Waals surface area (Å²) in [6.45, 7) is 0. The van der Waals surface area contributed by atoms with Gasteiger partial charge in [-0.05, 0) is 6.07 Å². The Morgan fingerprint density at radius 2 is 2.43 bits per heavy atom. The topological polar surface area (TPSA) is 63.3 Å². The number of carboxylic acids is 1. The van der Waals surface area contributed by atoms with E-state index in [0.717, 1.165) is 0 Å². The first kappa shape index (κ1) is 9.23. The number of hydrogen-bond acceptors (Lipinski definition) is 4. The highest BCUT2D eigenvalue weighted by Gasteiger charge is 2.12. The molecule has 0 aromatic carbocycles. The average molecular weight is 230 g/mol. The van der Waals surface area contributed by atoms with Crippen LogP contribution in [0.1, 0.15) is 10.6 Å². The summed E-state index contributed by atoms with van der Waals surface area (Å²) in [7, 11) is 0. The van der Waals surface area contributed by atoms with Crippen LogP contribution in [-0.2, 0) is 0 Å². The van der Waals surface area contributed by atoms with Crippen molar-refractivity contribution in [2.24, 2.45) is 0 Å². The van der Waals surface area contributed by atoms with Gasteiger partial charge >= 0.3 is 5.97 Å². The van der Waals surface area contributed by atoms with Crippen LogP contribution in [0.3, 0.4) is 0 Å². The van der Waals surface area contributed by atoms with Crippen molar-refractivity contribution in [3.8, 4) is 11.5 Å². The molecule has 0 aliphatic carbocycles. The van der Waals surface area contributed by atoms with Gasteiger partial charge in [0.05, 0.1) is 10.5 Å². The van der Waals surface area contributed by atoms with Crippen LogP contribution in [0, 0.1) is 0 Å². The van der Waals surface area contributed by atoms with E-state index in [1.165, 1.54) is 17.5 Å². The van der Waals surface area contributed by atoms with Crippen molar-refractivity contribution in [3.63, 3.8) is 0 Å². The fourth-order valence-electron chi connectivity index (χ4n) is 0.929. The Hall–Kier alpha value is -1.33. The van der Waals surface area contributed by atoms with E-state index in [2.05, 4.69) is 4.98 Å². The molecule has 0 aliphatic rings. The molecule has 72 valence electrons. The summed E-state index contributed by atoms with van der Waals surface area (Å²) in [6.07, 6.45) is 1.17. The van der Waals surface area contributed by atoms with E-state index >= 15 is 0 Å². The molecule has 2 heterocycles. The van der Waals surface area contributed by atoms with Crippen molar-refractivity contribution in [1.82, 2.24) is 4.98 Å². The summed E-state index contributed by atoms with van der Waals surface area (Å²) in [6, 6.07) is 1.67. The molecule has 6 heteroatoms. The van der Waals surface area contributed by atoms with Gasteiger partial charge in [-0.2, -0.15) is 0 Å². The first-order valence-electron chi connectivity index (χ1n) is 3.60. The lowest BCUT2D eigenvalue weighted by molar-refractivity contribution is 0.0663. The molecule has 0 aliphatic heterocycles. The second-order valence-corrected chi connectivity index (χ2v) is 4.02. The highest BCUT2D eigenvalue weighted by Crippen LogP contribution is 2.28. The molecule has 0 radical (unpaired) electrons. The summed E-state index contributed by atoms with van der Waals surface area (Å²) in [4.78, 5) is 14.3. The number of carbonyl (C=O) groups is 1. The zero-order valence-corrected chi connectivity index (χ0v) is 8.30. The van der Waals surface area contributed by atoms with Crippen molar-refractivity contribution in [3.05, 3.63) is 27.7 Å². The summed E-state index contributed by atoms with van der Waals surface area (Å²) in [5.74, 6) is -1.04. The third-order valence-corrected chi connectivity index (χ3v) is 2.62. The molecule has 0 bridgehead atoms. The highest BCUT2D eigenvalue weighted by molar-refractivity contribution is 7.14. The fraction of sp³-hybridized carbons (Fsp3) is 0. The van der Waals surface area contributed by atoms with Gasteiger partial charge < -0.3 is 9.52 Å². The van der Waals surface area contributed by atoms with Gasteiger partial charge in [0.1, 0.15) is 0 Å². The molecule has 0 amide bonds. The van der Waals surface area contributed by atoms with E-state index in [9.17, 15) is 4.79 Å². The molecule has 0 unspecified atom stereocenters. The lowest BCUT2D eigenvalue weighted by Crippen LogP contribution is -1.91. The number of rotatable bonds is 2. The number of aromatic nitrogens is 1. The predicted molar refractivity (Wildman–Crippen MR) is 51.8 cm³/mol. The first-order chi connectivity index (χ1) is 6.66. The van der Waals surface area contributed by atoms with E-state index < -0.39 is 5.97 Å². The minimum absolute atomic E-state index is 0.178. The van der Waals surface area contributed by atoms with Crippen LogP contribution < -0.4 is 0 Å². The minimum atomic E-state index is -1.13. The smallest absolute Gasteiger partial charge is 0.373 e. The van der Waals surface area contributed by atoms with E-state index in [-0.39, 0.29) is 11.7 Å². The van der Waals surface area contributed by atoms with Gasteiger partial charge in [-0.15, -0.1) is 11.3 Å². The number of carboxylic acid groups (broad SMARTS) is 1.